The molecular formula is C50H49ClN4O11S4. The van der Waals surface area contributed by atoms with E-state index in [0.717, 1.165) is 28.1 Å². The average Bonchev–Trinajstić information content (AvgIpc) is 3.91. The molecule has 1 saturated carbocycles. The largest absolute Gasteiger partial charge is 0.480 e. The first-order chi connectivity index (χ1) is 33.0. The Morgan fingerprint density at radius 3 is 1.53 bits per heavy atom. The third-order valence-corrected chi connectivity index (χ3v) is 20.1. The van der Waals surface area contributed by atoms with Crippen LogP contribution in [-0.2, 0) is 50.3 Å². The number of carboxylic acid groups (broad SMARTS) is 1. The van der Waals surface area contributed by atoms with Gasteiger partial charge in [-0.3, -0.25) is 19.7 Å². The van der Waals surface area contributed by atoms with Crippen LogP contribution in [0.25, 0.3) is 22.5 Å². The number of nitrogens with zero attached hydrogens (tertiary/aromatic N) is 2. The van der Waals surface area contributed by atoms with Gasteiger partial charge in [-0.05, 0) is 95.5 Å². The van der Waals surface area contributed by atoms with E-state index in [4.69, 9.17) is 21.1 Å². The number of hydrogen-bond donors (Lipinski definition) is 3. The Morgan fingerprint density at radius 1 is 0.643 bits per heavy atom. The van der Waals surface area contributed by atoms with Gasteiger partial charge in [0.15, 0.2) is 39.4 Å². The number of oxazole rings is 1. The van der Waals surface area contributed by atoms with Crippen LogP contribution >= 0.6 is 22.9 Å². The van der Waals surface area contributed by atoms with E-state index >= 15 is 0 Å². The van der Waals surface area contributed by atoms with Crippen molar-refractivity contribution in [3.05, 3.63) is 162 Å². The summed E-state index contributed by atoms with van der Waals surface area (Å²) in [4.78, 5) is 46.4. The van der Waals surface area contributed by atoms with E-state index in [0.29, 0.717) is 15.8 Å². The third kappa shape index (κ3) is 11.1. The number of thiazole rings is 1. The van der Waals surface area contributed by atoms with Crippen LogP contribution < -0.4 is 10.6 Å². The molecule has 20 heteroatoms. The highest BCUT2D eigenvalue weighted by molar-refractivity contribution is 7.94. The van der Waals surface area contributed by atoms with E-state index < -0.39 is 61.5 Å². The Morgan fingerprint density at radius 2 is 1.09 bits per heavy atom. The number of benzene rings is 5. The maximum absolute atomic E-state index is 13.0. The highest BCUT2D eigenvalue weighted by Gasteiger charge is 2.61. The smallest absolute Gasteiger partial charge is 0.325 e. The number of sulfone groups is 3. The molecule has 366 valence electrons. The average molecular weight is 1050 g/mol. The molecule has 8 rings (SSSR count). The van der Waals surface area contributed by atoms with Gasteiger partial charge < -0.3 is 14.8 Å². The van der Waals surface area contributed by atoms with Crippen LogP contribution in [0.15, 0.2) is 171 Å². The monoisotopic (exact) mass is 1040 g/mol. The summed E-state index contributed by atoms with van der Waals surface area (Å²) in [6.45, 7) is 7.56. The van der Waals surface area contributed by atoms with E-state index in [1.165, 1.54) is 93.8 Å². The van der Waals surface area contributed by atoms with Gasteiger partial charge in [-0.15, -0.1) is 11.3 Å². The number of amides is 2. The van der Waals surface area contributed by atoms with Crippen molar-refractivity contribution in [1.82, 2.24) is 9.97 Å². The number of carbonyl (C=O) groups excluding carboxylic acids is 2. The van der Waals surface area contributed by atoms with Crippen molar-refractivity contribution in [3.63, 3.8) is 0 Å². The Hall–Kier alpha value is -6.51. The number of aryl methyl sites for hydroxylation is 1. The Bertz CT molecular complexity index is 3310. The van der Waals surface area contributed by atoms with Crippen LogP contribution in [0.5, 0.6) is 0 Å². The lowest BCUT2D eigenvalue weighted by molar-refractivity contribution is -0.137. The molecule has 1 fully saturated rings. The molecular weight excluding hydrogens is 996 g/mol. The summed E-state index contributed by atoms with van der Waals surface area (Å²) in [5.41, 5.74) is 3.15. The van der Waals surface area contributed by atoms with E-state index in [9.17, 15) is 39.6 Å². The third-order valence-electron chi connectivity index (χ3n) is 11.4. The lowest BCUT2D eigenvalue weighted by atomic mass is 10.1. The van der Waals surface area contributed by atoms with E-state index in [2.05, 4.69) is 20.6 Å². The summed E-state index contributed by atoms with van der Waals surface area (Å²) in [5.74, 6) is -2.60. The molecule has 0 aliphatic heterocycles. The zero-order valence-electron chi connectivity index (χ0n) is 38.5. The number of carboxylic acids is 1. The summed E-state index contributed by atoms with van der Waals surface area (Å²) in [6, 6.07) is 40.4. The molecule has 15 nitrogen and oxygen atoms in total. The molecule has 0 radical (unpaired) electrons. The van der Waals surface area contributed by atoms with E-state index in [1.54, 1.807) is 36.4 Å². The predicted molar refractivity (Wildman–Crippen MR) is 270 cm³/mol. The molecule has 5 aromatic carbocycles. The number of nitrogens with one attached hydrogen (secondary N) is 2. The first-order valence-corrected chi connectivity index (χ1v) is 27.2. The van der Waals surface area contributed by atoms with Crippen LogP contribution in [0.1, 0.15) is 52.3 Å². The number of aliphatic carboxylic acids is 1. The van der Waals surface area contributed by atoms with Gasteiger partial charge >= 0.3 is 12.0 Å². The van der Waals surface area contributed by atoms with E-state index in [-0.39, 0.29) is 33.5 Å². The lowest BCUT2D eigenvalue weighted by Gasteiger charge is -2.23. The van der Waals surface area contributed by atoms with Crippen LogP contribution in [-0.4, -0.2) is 72.4 Å². The van der Waals surface area contributed by atoms with Crippen LogP contribution in [0.2, 0.25) is 5.02 Å². The molecule has 7 aromatic rings. The minimum Gasteiger partial charge on any atom is -0.480 e. The fourth-order valence-corrected chi connectivity index (χ4v) is 12.3. The zero-order chi connectivity index (χ0) is 51.1. The topological polar surface area (TPSA) is 237 Å². The minimum absolute atomic E-state index is 0.0109. The molecule has 0 atom stereocenters. The highest BCUT2D eigenvalue weighted by atomic mass is 35.5. The first kappa shape index (κ1) is 52.9. The van der Waals surface area contributed by atoms with Crippen molar-refractivity contribution < 1.29 is 49.2 Å². The van der Waals surface area contributed by atoms with Gasteiger partial charge in [0.1, 0.15) is 21.5 Å². The molecule has 2 heterocycles. The fourth-order valence-electron chi connectivity index (χ4n) is 6.62. The molecule has 2 aromatic heterocycles. The molecule has 70 heavy (non-hydrogen) atoms. The molecule has 1 aliphatic carbocycles. The van der Waals surface area contributed by atoms with Gasteiger partial charge in [-0.2, -0.15) is 4.98 Å². The second-order valence-electron chi connectivity index (χ2n) is 16.7. The maximum atomic E-state index is 13.0. The van der Waals surface area contributed by atoms with Crippen molar-refractivity contribution in [1.29, 1.82) is 0 Å². The number of rotatable bonds is 14. The van der Waals surface area contributed by atoms with Crippen molar-refractivity contribution in [2.75, 3.05) is 10.6 Å². The number of hydrogen-bond acceptors (Lipinski definition) is 13. The normalized spacial score (nSPS) is 13.3. The highest BCUT2D eigenvalue weighted by Crippen LogP contribution is 2.47. The molecule has 3 N–H and O–H groups in total. The quantitative estimate of drug-likeness (QED) is 0.0921. The number of anilines is 2. The molecule has 0 saturated heterocycles. The van der Waals surface area contributed by atoms with Crippen molar-refractivity contribution in [2.24, 2.45) is 0 Å². The molecule has 2 amide bonds. The minimum atomic E-state index is -3.88. The summed E-state index contributed by atoms with van der Waals surface area (Å²) in [6.07, 6.45) is 2.52. The van der Waals surface area contributed by atoms with Crippen molar-refractivity contribution >= 4 is 81.4 Å². The molecule has 0 unspecified atom stereocenters. The van der Waals surface area contributed by atoms with Crippen LogP contribution in [0, 0.1) is 0 Å². The Balaban J connectivity index is 0.000000178. The first-order valence-electron chi connectivity index (χ1n) is 21.5. The lowest BCUT2D eigenvalue weighted by Crippen LogP contribution is -2.44. The van der Waals surface area contributed by atoms with Gasteiger partial charge in [-0.25, -0.2) is 30.2 Å². The summed E-state index contributed by atoms with van der Waals surface area (Å²) < 4.78 is 75.9. The number of aromatic nitrogens is 2. The predicted octanol–water partition coefficient (Wildman–Crippen LogP) is 9.83. The van der Waals surface area contributed by atoms with Gasteiger partial charge in [-0.1, -0.05) is 116 Å². The van der Waals surface area contributed by atoms with Gasteiger partial charge in [0.2, 0.25) is 11.8 Å². The van der Waals surface area contributed by atoms with Gasteiger partial charge in [0.05, 0.1) is 20.4 Å². The van der Waals surface area contributed by atoms with Crippen LogP contribution in [0.3, 0.4) is 0 Å². The van der Waals surface area contributed by atoms with E-state index in [1.807, 2.05) is 67.6 Å². The number of halogens is 1. The fraction of sp³-hybridized carbons (Fsp3) is 0.220. The zero-order valence-corrected chi connectivity index (χ0v) is 42.5. The molecule has 0 spiro atoms. The van der Waals surface area contributed by atoms with Crippen molar-refractivity contribution in [2.45, 2.75) is 82.8 Å². The van der Waals surface area contributed by atoms with Gasteiger partial charge in [0, 0.05) is 21.0 Å². The van der Waals surface area contributed by atoms with Crippen molar-refractivity contribution in [3.8, 4) is 22.5 Å². The maximum Gasteiger partial charge on any atom is 0.325 e. The summed E-state index contributed by atoms with van der Waals surface area (Å²) in [7, 11) is -11.5. The summed E-state index contributed by atoms with van der Waals surface area (Å²) >= 11 is 7.01. The standard InChI is InChI=1S/C21H22N2O3S2.C19H18N2O4S.C10H9ClO4S/c1-4-17-18(15-11-7-5-8-12-15)22-20(27-17)23-19(24)21(2,3)28(25,26)16-13-9-6-10-14-16;1-19(2,26(23,24)15-11-7-4-8-12-15)17(22)21-18-20-16(13-25-18)14-9-5-3-6-10-14;11-7-1-3-8(4-2-7)16(14,15)10(5-6-10)9(12)13/h5-14H,4H2,1-3H3,(H,22,23,24);3-13H,1-2H3,(H,20,21,22);1-4H,5-6H2,(H,12,13). The second kappa shape index (κ2) is 21.2. The molecule has 1 aliphatic rings. The van der Waals surface area contributed by atoms with Gasteiger partial charge in [0.25, 0.3) is 0 Å². The van der Waals surface area contributed by atoms with Crippen LogP contribution in [0.4, 0.5) is 11.1 Å². The Kier molecular flexibility index (Phi) is 16.0. The second-order valence-corrected chi connectivity index (χ2v) is 25.5. The number of carbonyl (C=O) groups is 3. The molecule has 0 bridgehead atoms. The SMILES string of the molecule is CC(C)(C(=O)Nc1nc(-c2ccccc2)co1)S(=O)(=O)c1ccccc1.CCc1sc(NC(=O)C(C)(C)S(=O)(=O)c2ccccc2)nc1-c1ccccc1.O=C(O)C1(S(=O)(=O)c2ccc(Cl)cc2)CC1. The summed E-state index contributed by atoms with van der Waals surface area (Å²) in [5, 5.41) is 14.9. The Labute approximate surface area is 415 Å².